The van der Waals surface area contributed by atoms with Crippen molar-refractivity contribution in [3.63, 3.8) is 0 Å². The van der Waals surface area contributed by atoms with Gasteiger partial charge in [0, 0.05) is 17.3 Å². The number of nitrogens with one attached hydrogen (secondary N) is 2. The van der Waals surface area contributed by atoms with E-state index in [1.165, 1.54) is 30.3 Å². The molecule has 0 aliphatic rings. The van der Waals surface area contributed by atoms with Crippen LogP contribution in [0.4, 0.5) is 11.5 Å². The van der Waals surface area contributed by atoms with E-state index in [9.17, 15) is 13.2 Å². The van der Waals surface area contributed by atoms with E-state index >= 15 is 0 Å². The van der Waals surface area contributed by atoms with Gasteiger partial charge in [0.2, 0.25) is 0 Å². The second kappa shape index (κ2) is 7.24. The van der Waals surface area contributed by atoms with Crippen molar-refractivity contribution in [1.82, 2.24) is 5.16 Å². The summed E-state index contributed by atoms with van der Waals surface area (Å²) in [7, 11) is -3.79. The van der Waals surface area contributed by atoms with Crippen LogP contribution in [0.3, 0.4) is 0 Å². The maximum absolute atomic E-state index is 12.4. The second-order valence-corrected chi connectivity index (χ2v) is 7.97. The fourth-order valence-electron chi connectivity index (χ4n) is 2.64. The maximum Gasteiger partial charge on any atom is 0.263 e. The van der Waals surface area contributed by atoms with Crippen molar-refractivity contribution >= 4 is 27.4 Å². The first-order valence-corrected chi connectivity index (χ1v) is 9.67. The minimum absolute atomic E-state index is 0.0487. The highest BCUT2D eigenvalue weighted by atomic mass is 32.2. The third-order valence-electron chi connectivity index (χ3n) is 3.77. The number of carbonyl (C=O) groups excluding carboxylic acids is 1. The SMILES string of the molecule is Cc1cc(C)cc(C(=O)Nc2ccc(S(=O)(=O)Nc3cc(C)on3)cc2)c1. The van der Waals surface area contributed by atoms with Crippen LogP contribution in [0.2, 0.25) is 0 Å². The number of benzene rings is 2. The van der Waals surface area contributed by atoms with Crippen LogP contribution in [-0.2, 0) is 10.0 Å². The van der Waals surface area contributed by atoms with Gasteiger partial charge in [-0.25, -0.2) is 8.42 Å². The summed E-state index contributed by atoms with van der Waals surface area (Å²) in [6.07, 6.45) is 0. The zero-order valence-corrected chi connectivity index (χ0v) is 15.9. The number of rotatable bonds is 5. The topological polar surface area (TPSA) is 101 Å². The number of amides is 1. The van der Waals surface area contributed by atoms with Gasteiger partial charge in [0.1, 0.15) is 5.76 Å². The molecule has 0 radical (unpaired) electrons. The molecule has 3 aromatic rings. The van der Waals surface area contributed by atoms with E-state index in [2.05, 4.69) is 15.2 Å². The van der Waals surface area contributed by atoms with Crippen LogP contribution < -0.4 is 10.0 Å². The number of carbonyl (C=O) groups is 1. The molecule has 0 spiro atoms. The second-order valence-electron chi connectivity index (χ2n) is 6.28. The summed E-state index contributed by atoms with van der Waals surface area (Å²) in [4.78, 5) is 12.4. The fourth-order valence-corrected chi connectivity index (χ4v) is 3.62. The van der Waals surface area contributed by atoms with Gasteiger partial charge in [0.25, 0.3) is 15.9 Å². The van der Waals surface area contributed by atoms with Gasteiger partial charge in [-0.1, -0.05) is 22.3 Å². The molecule has 2 aromatic carbocycles. The van der Waals surface area contributed by atoms with E-state index in [1.807, 2.05) is 19.9 Å². The van der Waals surface area contributed by atoms with E-state index in [0.29, 0.717) is 17.0 Å². The van der Waals surface area contributed by atoms with Crippen molar-refractivity contribution < 1.29 is 17.7 Å². The van der Waals surface area contributed by atoms with Gasteiger partial charge in [-0.3, -0.25) is 9.52 Å². The van der Waals surface area contributed by atoms with Crippen molar-refractivity contribution in [2.24, 2.45) is 0 Å². The monoisotopic (exact) mass is 385 g/mol. The molecule has 2 N–H and O–H groups in total. The molecular formula is C19H19N3O4S. The molecular weight excluding hydrogens is 366 g/mol. The average Bonchev–Trinajstić information content (AvgIpc) is 2.98. The van der Waals surface area contributed by atoms with E-state index < -0.39 is 10.0 Å². The molecule has 8 heteroatoms. The van der Waals surface area contributed by atoms with Gasteiger partial charge in [-0.05, 0) is 57.2 Å². The van der Waals surface area contributed by atoms with Gasteiger partial charge < -0.3 is 9.84 Å². The van der Waals surface area contributed by atoms with E-state index in [0.717, 1.165) is 11.1 Å². The number of aryl methyl sites for hydroxylation is 3. The maximum atomic E-state index is 12.4. The Morgan fingerprint density at radius 2 is 1.59 bits per heavy atom. The summed E-state index contributed by atoms with van der Waals surface area (Å²) in [6.45, 7) is 5.51. The third kappa shape index (κ3) is 4.53. The molecule has 1 heterocycles. The van der Waals surface area contributed by atoms with Crippen molar-refractivity contribution in [2.75, 3.05) is 10.0 Å². The molecule has 0 fully saturated rings. The number of hydrogen-bond donors (Lipinski definition) is 2. The largest absolute Gasteiger partial charge is 0.360 e. The lowest BCUT2D eigenvalue weighted by molar-refractivity contribution is 0.102. The molecule has 0 atom stereocenters. The van der Waals surface area contributed by atoms with E-state index in [4.69, 9.17) is 4.52 Å². The van der Waals surface area contributed by atoms with Crippen LogP contribution in [0.25, 0.3) is 0 Å². The Bertz CT molecular complexity index is 1070. The fraction of sp³-hybridized carbons (Fsp3) is 0.158. The van der Waals surface area contributed by atoms with Crippen LogP contribution in [0.5, 0.6) is 0 Å². The summed E-state index contributed by atoms with van der Waals surface area (Å²) in [5.41, 5.74) is 3.04. The van der Waals surface area contributed by atoms with Crippen molar-refractivity contribution in [1.29, 1.82) is 0 Å². The molecule has 0 bridgehead atoms. The lowest BCUT2D eigenvalue weighted by atomic mass is 10.1. The summed E-state index contributed by atoms with van der Waals surface area (Å²) < 4.78 is 31.9. The zero-order chi connectivity index (χ0) is 19.6. The van der Waals surface area contributed by atoms with E-state index in [1.54, 1.807) is 19.1 Å². The molecule has 0 unspecified atom stereocenters. The molecule has 7 nitrogen and oxygen atoms in total. The van der Waals surface area contributed by atoms with Gasteiger partial charge >= 0.3 is 0 Å². The Morgan fingerprint density at radius 3 is 2.15 bits per heavy atom. The summed E-state index contributed by atoms with van der Waals surface area (Å²) in [5, 5.41) is 6.37. The average molecular weight is 385 g/mol. The lowest BCUT2D eigenvalue weighted by Gasteiger charge is -2.09. The molecule has 1 aromatic heterocycles. The molecule has 0 aliphatic heterocycles. The standard InChI is InChI=1S/C19H19N3O4S/c1-12-8-13(2)10-15(9-12)19(23)20-16-4-6-17(7-5-16)27(24,25)22-18-11-14(3)26-21-18/h4-11H,1-3H3,(H,20,23)(H,21,22). The minimum atomic E-state index is -3.79. The van der Waals surface area contributed by atoms with Crippen LogP contribution in [0.15, 0.2) is 57.9 Å². The number of anilines is 2. The predicted molar refractivity (Wildman–Crippen MR) is 102 cm³/mol. The smallest absolute Gasteiger partial charge is 0.263 e. The first-order valence-electron chi connectivity index (χ1n) is 8.19. The highest BCUT2D eigenvalue weighted by Gasteiger charge is 2.16. The van der Waals surface area contributed by atoms with Crippen molar-refractivity contribution in [2.45, 2.75) is 25.7 Å². The normalized spacial score (nSPS) is 11.2. The number of sulfonamides is 1. The van der Waals surface area contributed by atoms with Crippen LogP contribution in [0.1, 0.15) is 27.2 Å². The molecule has 27 heavy (non-hydrogen) atoms. The van der Waals surface area contributed by atoms with Crippen LogP contribution in [0, 0.1) is 20.8 Å². The Balaban J connectivity index is 1.73. The molecule has 0 saturated carbocycles. The Labute approximate surface area is 157 Å². The quantitative estimate of drug-likeness (QED) is 0.698. The molecule has 0 aliphatic carbocycles. The molecule has 3 rings (SSSR count). The summed E-state index contributed by atoms with van der Waals surface area (Å²) >= 11 is 0. The first-order chi connectivity index (χ1) is 12.7. The third-order valence-corrected chi connectivity index (χ3v) is 5.14. The molecule has 0 saturated heterocycles. The van der Waals surface area contributed by atoms with Crippen molar-refractivity contribution in [3.05, 3.63) is 71.0 Å². The Kier molecular flexibility index (Phi) is 5.00. The number of aromatic nitrogens is 1. The number of hydrogen-bond acceptors (Lipinski definition) is 5. The minimum Gasteiger partial charge on any atom is -0.360 e. The van der Waals surface area contributed by atoms with Gasteiger partial charge in [0.15, 0.2) is 5.82 Å². The predicted octanol–water partition coefficient (Wildman–Crippen LogP) is 3.65. The van der Waals surface area contributed by atoms with Crippen LogP contribution in [-0.4, -0.2) is 19.5 Å². The van der Waals surface area contributed by atoms with Gasteiger partial charge in [0.05, 0.1) is 4.90 Å². The zero-order valence-electron chi connectivity index (χ0n) is 15.1. The van der Waals surface area contributed by atoms with Gasteiger partial charge in [-0.15, -0.1) is 0 Å². The van der Waals surface area contributed by atoms with Crippen molar-refractivity contribution in [3.8, 4) is 0 Å². The Hall–Kier alpha value is -3.13. The van der Waals surface area contributed by atoms with Crippen LogP contribution >= 0.6 is 0 Å². The lowest BCUT2D eigenvalue weighted by Crippen LogP contribution is -2.14. The van der Waals surface area contributed by atoms with E-state index in [-0.39, 0.29) is 16.6 Å². The first kappa shape index (κ1) is 18.7. The van der Waals surface area contributed by atoms with Gasteiger partial charge in [-0.2, -0.15) is 0 Å². The highest BCUT2D eigenvalue weighted by Crippen LogP contribution is 2.19. The molecule has 140 valence electrons. The number of nitrogens with zero attached hydrogens (tertiary/aromatic N) is 1. The summed E-state index contributed by atoms with van der Waals surface area (Å²) in [6, 6.07) is 12.9. The highest BCUT2D eigenvalue weighted by molar-refractivity contribution is 7.92. The molecule has 1 amide bonds. The Morgan fingerprint density at radius 1 is 0.963 bits per heavy atom. The summed E-state index contributed by atoms with van der Waals surface area (Å²) in [5.74, 6) is 0.352.